The highest BCUT2D eigenvalue weighted by Crippen LogP contribution is 2.35. The number of piperidine rings is 1. The molecule has 0 atom stereocenters. The molecular formula is C16H16N4. The molecule has 1 fully saturated rings. The molecule has 1 saturated heterocycles. The Morgan fingerprint density at radius 2 is 1.85 bits per heavy atom. The van der Waals surface area contributed by atoms with Crippen molar-refractivity contribution in [2.75, 3.05) is 18.0 Å². The molecule has 20 heavy (non-hydrogen) atoms. The summed E-state index contributed by atoms with van der Waals surface area (Å²) < 4.78 is 0. The predicted octanol–water partition coefficient (Wildman–Crippen LogP) is 2.54. The fourth-order valence-corrected chi connectivity index (χ4v) is 2.81. The van der Waals surface area contributed by atoms with Gasteiger partial charge in [-0.25, -0.2) is 9.97 Å². The summed E-state index contributed by atoms with van der Waals surface area (Å²) in [7, 11) is 0. The minimum absolute atomic E-state index is 0.356. The van der Waals surface area contributed by atoms with Crippen LogP contribution in [0.1, 0.15) is 18.4 Å². The van der Waals surface area contributed by atoms with Gasteiger partial charge in [0.25, 0.3) is 0 Å². The van der Waals surface area contributed by atoms with Crippen LogP contribution >= 0.6 is 0 Å². The summed E-state index contributed by atoms with van der Waals surface area (Å²) in [6.45, 7) is 1.69. The van der Waals surface area contributed by atoms with Gasteiger partial charge in [0.15, 0.2) is 0 Å². The number of nitrogens with zero attached hydrogens (tertiary/aromatic N) is 4. The standard InChI is InChI=1S/C16H16N4/c17-12-16(14-4-2-1-3-5-14)7-10-20(11-8-16)15-6-9-18-13-19-15/h1-6,9,13H,7-8,10-11H2. The lowest BCUT2D eigenvalue weighted by molar-refractivity contribution is 0.414. The lowest BCUT2D eigenvalue weighted by atomic mass is 9.74. The van der Waals surface area contributed by atoms with Gasteiger partial charge in [0.1, 0.15) is 12.1 Å². The molecular weight excluding hydrogens is 248 g/mol. The van der Waals surface area contributed by atoms with Gasteiger partial charge in [-0.05, 0) is 24.5 Å². The molecule has 1 aliphatic heterocycles. The summed E-state index contributed by atoms with van der Waals surface area (Å²) in [6.07, 6.45) is 4.99. The third kappa shape index (κ3) is 2.23. The fraction of sp³-hybridized carbons (Fsp3) is 0.312. The van der Waals surface area contributed by atoms with Crippen molar-refractivity contribution < 1.29 is 0 Å². The Labute approximate surface area is 118 Å². The second kappa shape index (κ2) is 5.30. The van der Waals surface area contributed by atoms with Crippen LogP contribution in [0.5, 0.6) is 0 Å². The first-order valence-corrected chi connectivity index (χ1v) is 6.82. The van der Waals surface area contributed by atoms with E-state index in [4.69, 9.17) is 0 Å². The van der Waals surface area contributed by atoms with E-state index in [1.807, 2.05) is 24.3 Å². The number of aromatic nitrogens is 2. The summed E-state index contributed by atoms with van der Waals surface area (Å²) in [6, 6.07) is 14.6. The van der Waals surface area contributed by atoms with Crippen LogP contribution in [0.4, 0.5) is 5.82 Å². The van der Waals surface area contributed by atoms with Crippen LogP contribution in [0.25, 0.3) is 0 Å². The first-order valence-electron chi connectivity index (χ1n) is 6.82. The predicted molar refractivity (Wildman–Crippen MR) is 77.2 cm³/mol. The Bertz CT molecular complexity index is 595. The van der Waals surface area contributed by atoms with Crippen molar-refractivity contribution >= 4 is 5.82 Å². The van der Waals surface area contributed by atoms with Gasteiger partial charge in [-0.2, -0.15) is 5.26 Å². The summed E-state index contributed by atoms with van der Waals surface area (Å²) in [5.74, 6) is 0.944. The average Bonchev–Trinajstić information content (AvgIpc) is 2.56. The zero-order chi connectivity index (χ0) is 13.8. The Kier molecular flexibility index (Phi) is 3.34. The molecule has 1 aliphatic rings. The van der Waals surface area contributed by atoms with Crippen molar-refractivity contribution in [3.05, 3.63) is 54.5 Å². The topological polar surface area (TPSA) is 52.8 Å². The highest BCUT2D eigenvalue weighted by Gasteiger charge is 2.36. The maximum Gasteiger partial charge on any atom is 0.131 e. The fourth-order valence-electron chi connectivity index (χ4n) is 2.81. The van der Waals surface area contributed by atoms with E-state index in [2.05, 4.69) is 33.1 Å². The molecule has 1 aromatic heterocycles. The van der Waals surface area contributed by atoms with Crippen LogP contribution in [0.3, 0.4) is 0 Å². The Hall–Kier alpha value is -2.41. The van der Waals surface area contributed by atoms with Gasteiger partial charge in [0.05, 0.1) is 11.5 Å². The van der Waals surface area contributed by atoms with Crippen LogP contribution in [0.15, 0.2) is 48.9 Å². The molecule has 4 heteroatoms. The van der Waals surface area contributed by atoms with Crippen molar-refractivity contribution in [2.24, 2.45) is 0 Å². The van der Waals surface area contributed by atoms with Crippen LogP contribution < -0.4 is 4.90 Å². The van der Waals surface area contributed by atoms with Crippen molar-refractivity contribution in [1.82, 2.24) is 9.97 Å². The van der Waals surface area contributed by atoms with Crippen molar-refractivity contribution in [3.63, 3.8) is 0 Å². The largest absolute Gasteiger partial charge is 0.356 e. The Morgan fingerprint density at radius 3 is 2.45 bits per heavy atom. The molecule has 0 aliphatic carbocycles. The average molecular weight is 264 g/mol. The molecule has 0 N–H and O–H groups in total. The first-order chi connectivity index (χ1) is 9.84. The molecule has 100 valence electrons. The molecule has 1 aromatic carbocycles. The van der Waals surface area contributed by atoms with Crippen LogP contribution in [-0.2, 0) is 5.41 Å². The second-order valence-corrected chi connectivity index (χ2v) is 5.11. The van der Waals surface area contributed by atoms with Gasteiger partial charge >= 0.3 is 0 Å². The summed E-state index contributed by atoms with van der Waals surface area (Å²) in [4.78, 5) is 10.4. The van der Waals surface area contributed by atoms with E-state index in [0.29, 0.717) is 0 Å². The molecule has 0 radical (unpaired) electrons. The molecule has 0 amide bonds. The zero-order valence-electron chi connectivity index (χ0n) is 11.2. The number of nitriles is 1. The van der Waals surface area contributed by atoms with Crippen LogP contribution in [0.2, 0.25) is 0 Å². The number of rotatable bonds is 2. The maximum atomic E-state index is 9.66. The third-order valence-corrected chi connectivity index (χ3v) is 4.05. The second-order valence-electron chi connectivity index (χ2n) is 5.11. The van der Waals surface area contributed by atoms with Crippen LogP contribution in [-0.4, -0.2) is 23.1 Å². The zero-order valence-corrected chi connectivity index (χ0v) is 11.2. The third-order valence-electron chi connectivity index (χ3n) is 4.05. The highest BCUT2D eigenvalue weighted by atomic mass is 15.2. The van der Waals surface area contributed by atoms with Gasteiger partial charge in [-0.3, -0.25) is 0 Å². The lowest BCUT2D eigenvalue weighted by Crippen LogP contribution is -2.42. The van der Waals surface area contributed by atoms with Gasteiger partial charge in [-0.15, -0.1) is 0 Å². The number of benzene rings is 1. The lowest BCUT2D eigenvalue weighted by Gasteiger charge is -2.38. The van der Waals surface area contributed by atoms with Crippen molar-refractivity contribution in [3.8, 4) is 6.07 Å². The molecule has 0 saturated carbocycles. The summed E-state index contributed by atoms with van der Waals surface area (Å²) >= 11 is 0. The monoisotopic (exact) mass is 264 g/mol. The minimum atomic E-state index is -0.356. The number of hydrogen-bond acceptors (Lipinski definition) is 4. The molecule has 4 nitrogen and oxygen atoms in total. The van der Waals surface area contributed by atoms with Crippen molar-refractivity contribution in [1.29, 1.82) is 5.26 Å². The minimum Gasteiger partial charge on any atom is -0.356 e. The van der Waals surface area contributed by atoms with Crippen LogP contribution in [0, 0.1) is 11.3 Å². The molecule has 2 aromatic rings. The highest BCUT2D eigenvalue weighted by molar-refractivity contribution is 5.41. The quantitative estimate of drug-likeness (QED) is 0.836. The molecule has 0 bridgehead atoms. The van der Waals surface area contributed by atoms with E-state index in [1.54, 1.807) is 12.5 Å². The molecule has 0 spiro atoms. The van der Waals surface area contributed by atoms with E-state index in [-0.39, 0.29) is 5.41 Å². The van der Waals surface area contributed by atoms with Gasteiger partial charge in [0.2, 0.25) is 0 Å². The van der Waals surface area contributed by atoms with Gasteiger partial charge in [-0.1, -0.05) is 30.3 Å². The van der Waals surface area contributed by atoms with Crippen molar-refractivity contribution in [2.45, 2.75) is 18.3 Å². The van der Waals surface area contributed by atoms with Gasteiger partial charge < -0.3 is 4.90 Å². The number of anilines is 1. The Balaban J connectivity index is 1.79. The maximum absolute atomic E-state index is 9.66. The Morgan fingerprint density at radius 1 is 1.10 bits per heavy atom. The summed E-state index contributed by atoms with van der Waals surface area (Å²) in [5.41, 5.74) is 0.773. The van der Waals surface area contributed by atoms with E-state index in [9.17, 15) is 5.26 Å². The SMILES string of the molecule is N#CC1(c2ccccc2)CCN(c2ccncn2)CC1. The van der Waals surface area contributed by atoms with E-state index in [1.165, 1.54) is 0 Å². The molecule has 3 rings (SSSR count). The first kappa shape index (κ1) is 12.6. The molecule has 0 unspecified atom stereocenters. The van der Waals surface area contributed by atoms with E-state index >= 15 is 0 Å². The smallest absolute Gasteiger partial charge is 0.131 e. The normalized spacial score (nSPS) is 17.4. The van der Waals surface area contributed by atoms with E-state index < -0.39 is 0 Å². The summed E-state index contributed by atoms with van der Waals surface area (Å²) in [5, 5.41) is 9.66. The number of hydrogen-bond donors (Lipinski definition) is 0. The molecule has 2 heterocycles. The van der Waals surface area contributed by atoms with E-state index in [0.717, 1.165) is 37.3 Å². The van der Waals surface area contributed by atoms with Gasteiger partial charge in [0, 0.05) is 19.3 Å².